The van der Waals surface area contributed by atoms with E-state index in [-0.39, 0.29) is 69.5 Å². The summed E-state index contributed by atoms with van der Waals surface area (Å²) in [5.74, 6) is -1.93. The van der Waals surface area contributed by atoms with E-state index >= 15 is 9.59 Å². The highest BCUT2D eigenvalue weighted by atomic mass is 16.6. The van der Waals surface area contributed by atoms with E-state index in [0.717, 1.165) is 0 Å². The molecule has 56 heavy (non-hydrogen) atoms. The Hall–Kier alpha value is -4.24. The Balaban J connectivity index is 1.47. The van der Waals surface area contributed by atoms with Crippen LogP contribution in [-0.2, 0) is 29.3 Å². The molecule has 0 amide bonds. The molecule has 2 N–H and O–H groups in total. The molecule has 1 aromatic heterocycles. The van der Waals surface area contributed by atoms with Crippen molar-refractivity contribution >= 4 is 28.5 Å². The van der Waals surface area contributed by atoms with E-state index in [9.17, 15) is 19.8 Å². The minimum Gasteiger partial charge on any atom is -0.507 e. The SMILES string of the molecule is C/C=C/C1OC1(C)c1cc(=O)c2c(C)cc3c(c2o1)C(=O)c1c(O)c([C@@H]2C[C@@](C)(N(C)C)[C@@H](OC(C)=O)[C@H](C)O2)cc([C@@H]2C[C@@H](N(C)C)[C@@H](O)[C@H](C)O2)c1C3=O. The molecule has 3 aromatic rings. The second-order valence-corrected chi connectivity index (χ2v) is 16.7. The first kappa shape index (κ1) is 40.0. The fourth-order valence-corrected chi connectivity index (χ4v) is 9.12. The first-order chi connectivity index (χ1) is 26.2. The van der Waals surface area contributed by atoms with Gasteiger partial charge >= 0.3 is 5.97 Å². The molecule has 4 heterocycles. The molecule has 0 radical (unpaired) electrons. The van der Waals surface area contributed by atoms with Crippen molar-refractivity contribution in [2.75, 3.05) is 28.2 Å². The third-order valence-corrected chi connectivity index (χ3v) is 12.6. The maximum absolute atomic E-state index is 15.2. The number of fused-ring (bicyclic) bond motifs is 4. The van der Waals surface area contributed by atoms with Crippen molar-refractivity contribution in [1.29, 1.82) is 0 Å². The Morgan fingerprint density at radius 2 is 1.62 bits per heavy atom. The van der Waals surface area contributed by atoms with Gasteiger partial charge in [0.2, 0.25) is 5.78 Å². The smallest absolute Gasteiger partial charge is 0.303 e. The molecule has 10 atom stereocenters. The van der Waals surface area contributed by atoms with Crippen LogP contribution in [-0.4, -0.2) is 108 Å². The summed E-state index contributed by atoms with van der Waals surface area (Å²) in [5, 5.41) is 23.6. The minimum absolute atomic E-state index is 0.0187. The number of esters is 1. The molecular formula is C43H52N2O11. The number of ketones is 2. The number of carbonyl (C=O) groups is 3. The molecule has 1 aliphatic carbocycles. The Morgan fingerprint density at radius 1 is 0.946 bits per heavy atom. The van der Waals surface area contributed by atoms with Gasteiger partial charge in [0.05, 0.1) is 52.6 Å². The van der Waals surface area contributed by atoms with Gasteiger partial charge in [-0.2, -0.15) is 0 Å². The molecular weight excluding hydrogens is 720 g/mol. The summed E-state index contributed by atoms with van der Waals surface area (Å²) in [5.41, 5.74) is -1.48. The summed E-state index contributed by atoms with van der Waals surface area (Å²) in [4.78, 5) is 60.0. The van der Waals surface area contributed by atoms with Crippen molar-refractivity contribution in [3.8, 4) is 5.75 Å². The number of rotatable bonds is 7. The minimum atomic E-state index is -0.959. The van der Waals surface area contributed by atoms with E-state index in [1.54, 1.807) is 33.8 Å². The van der Waals surface area contributed by atoms with Gasteiger partial charge in [-0.1, -0.05) is 12.2 Å². The summed E-state index contributed by atoms with van der Waals surface area (Å²) in [6.07, 6.45) is -0.535. The Labute approximate surface area is 326 Å². The van der Waals surface area contributed by atoms with Crippen LogP contribution in [0, 0.1) is 6.92 Å². The molecule has 2 unspecified atom stereocenters. The van der Waals surface area contributed by atoms with Crippen molar-refractivity contribution in [2.24, 2.45) is 0 Å². The van der Waals surface area contributed by atoms with Crippen molar-refractivity contribution in [1.82, 2.24) is 9.80 Å². The van der Waals surface area contributed by atoms with Crippen molar-refractivity contribution in [2.45, 2.75) is 121 Å². The van der Waals surface area contributed by atoms with Gasteiger partial charge in [-0.25, -0.2) is 0 Å². The predicted molar refractivity (Wildman–Crippen MR) is 206 cm³/mol. The zero-order valence-electron chi connectivity index (χ0n) is 33.9. The van der Waals surface area contributed by atoms with Gasteiger partial charge in [0, 0.05) is 35.7 Å². The Morgan fingerprint density at radius 3 is 2.25 bits per heavy atom. The summed E-state index contributed by atoms with van der Waals surface area (Å²) in [7, 11) is 7.45. The first-order valence-corrected chi connectivity index (χ1v) is 19.2. The molecule has 7 rings (SSSR count). The zero-order valence-corrected chi connectivity index (χ0v) is 33.9. The van der Waals surface area contributed by atoms with E-state index in [0.29, 0.717) is 11.1 Å². The topological polar surface area (TPSA) is 169 Å². The Kier molecular flexibility index (Phi) is 9.99. The van der Waals surface area contributed by atoms with E-state index in [4.69, 9.17) is 23.4 Å². The van der Waals surface area contributed by atoms with Gasteiger partial charge in [-0.15, -0.1) is 0 Å². The number of allylic oxidation sites excluding steroid dienone is 1. The molecule has 300 valence electrons. The summed E-state index contributed by atoms with van der Waals surface area (Å²) in [6, 6.07) is 4.22. The lowest BCUT2D eigenvalue weighted by atomic mass is 9.74. The number of aliphatic hydroxyl groups is 1. The summed E-state index contributed by atoms with van der Waals surface area (Å²) >= 11 is 0. The van der Waals surface area contributed by atoms with Crippen LogP contribution in [0.15, 0.2) is 39.6 Å². The fourth-order valence-electron chi connectivity index (χ4n) is 9.12. The predicted octanol–water partition coefficient (Wildman–Crippen LogP) is 5.02. The van der Waals surface area contributed by atoms with Crippen LogP contribution >= 0.6 is 0 Å². The van der Waals surface area contributed by atoms with Crippen molar-refractivity contribution in [3.05, 3.63) is 85.3 Å². The van der Waals surface area contributed by atoms with E-state index < -0.39 is 76.5 Å². The molecule has 3 saturated heterocycles. The number of aromatic hydroxyl groups is 1. The standard InChI is InChI=1S/C43H52N2O11/c1-12-13-30-43(7,56-30)31-17-27(47)32-19(2)14-25-34(40(32)55-31)39(51)35-33(38(25)50)23(28-16-26(44(8)9)36(48)20(3)52-28)15-24(37(35)49)29-18-42(6,45(10)11)41(21(4)53-29)54-22(5)46/h12-15,17,20-21,26,28-30,36,41,48-49H,16,18H2,1-11H3/b13-12+/t20-,21-,26+,28-,29-,30?,36-,41-,42+,43?/m0/s1. The average molecular weight is 773 g/mol. The first-order valence-electron chi connectivity index (χ1n) is 19.2. The number of hydrogen-bond donors (Lipinski definition) is 2. The second-order valence-electron chi connectivity index (χ2n) is 16.7. The normalized spacial score (nSPS) is 33.0. The van der Waals surface area contributed by atoms with E-state index in [2.05, 4.69) is 0 Å². The van der Waals surface area contributed by atoms with Crippen LogP contribution in [0.3, 0.4) is 0 Å². The third kappa shape index (κ3) is 6.14. The number of aliphatic hydroxyl groups excluding tert-OH is 1. The second kappa shape index (κ2) is 14.0. The van der Waals surface area contributed by atoms with Crippen LogP contribution in [0.25, 0.3) is 11.0 Å². The highest BCUT2D eigenvalue weighted by Gasteiger charge is 2.55. The monoisotopic (exact) mass is 772 g/mol. The number of aryl methyl sites for hydroxylation is 1. The lowest BCUT2D eigenvalue weighted by molar-refractivity contribution is -0.201. The van der Waals surface area contributed by atoms with Crippen LogP contribution in [0.1, 0.15) is 121 Å². The molecule has 0 bridgehead atoms. The van der Waals surface area contributed by atoms with Gasteiger partial charge in [-0.05, 0) is 106 Å². The number of carbonyl (C=O) groups excluding carboxylic acids is 3. The van der Waals surface area contributed by atoms with E-state index in [1.165, 1.54) is 19.1 Å². The van der Waals surface area contributed by atoms with E-state index in [1.807, 2.05) is 64.0 Å². The average Bonchev–Trinajstić information content (AvgIpc) is 3.78. The number of phenolic OH excluding ortho intramolecular Hbond substituents is 1. The number of phenols is 1. The highest BCUT2D eigenvalue weighted by Crippen LogP contribution is 2.51. The number of benzene rings is 2. The molecule has 13 nitrogen and oxygen atoms in total. The number of epoxide rings is 1. The number of likely N-dealkylation sites (N-methyl/N-ethyl adjacent to an activating group) is 2. The molecule has 4 aliphatic rings. The maximum atomic E-state index is 15.2. The molecule has 0 saturated carbocycles. The lowest BCUT2D eigenvalue weighted by Gasteiger charge is -2.50. The van der Waals surface area contributed by atoms with Gasteiger partial charge < -0.3 is 43.4 Å². The Bertz CT molecular complexity index is 2240. The maximum Gasteiger partial charge on any atom is 0.303 e. The molecule has 3 aliphatic heterocycles. The van der Waals surface area contributed by atoms with Crippen molar-refractivity contribution < 1.29 is 48.0 Å². The van der Waals surface area contributed by atoms with Crippen LogP contribution < -0.4 is 5.43 Å². The molecule has 3 fully saturated rings. The molecule has 13 heteroatoms. The van der Waals surface area contributed by atoms with Crippen molar-refractivity contribution in [3.63, 3.8) is 0 Å². The zero-order chi connectivity index (χ0) is 40.9. The number of ether oxygens (including phenoxy) is 4. The van der Waals surface area contributed by atoms with Gasteiger partial charge in [0.15, 0.2) is 16.8 Å². The summed E-state index contributed by atoms with van der Waals surface area (Å²) < 4.78 is 31.1. The van der Waals surface area contributed by atoms with Gasteiger partial charge in [-0.3, -0.25) is 19.2 Å². The van der Waals surface area contributed by atoms with Crippen LogP contribution in [0.4, 0.5) is 0 Å². The van der Waals surface area contributed by atoms with Crippen LogP contribution in [0.5, 0.6) is 5.75 Å². The number of hydrogen-bond acceptors (Lipinski definition) is 13. The number of nitrogens with zero attached hydrogens (tertiary/aromatic N) is 2. The third-order valence-electron chi connectivity index (χ3n) is 12.6. The largest absolute Gasteiger partial charge is 0.507 e. The quantitative estimate of drug-likeness (QED) is 0.146. The molecule has 2 aromatic carbocycles. The van der Waals surface area contributed by atoms with Gasteiger partial charge in [0.1, 0.15) is 29.3 Å². The summed E-state index contributed by atoms with van der Waals surface area (Å²) in [6.45, 7) is 12.2. The highest BCUT2D eigenvalue weighted by molar-refractivity contribution is 6.33. The van der Waals surface area contributed by atoms with Crippen LogP contribution in [0.2, 0.25) is 0 Å². The lowest BCUT2D eigenvalue weighted by Crippen LogP contribution is -2.61. The fraction of sp³-hybridized carbons (Fsp3) is 0.535. The van der Waals surface area contributed by atoms with Gasteiger partial charge in [0.25, 0.3) is 0 Å². The molecule has 0 spiro atoms.